The first-order valence-corrected chi connectivity index (χ1v) is 8.32. The summed E-state index contributed by atoms with van der Waals surface area (Å²) in [6.45, 7) is 5.59. The lowest BCUT2D eigenvalue weighted by Crippen LogP contribution is -2.13. The van der Waals surface area contributed by atoms with Crippen molar-refractivity contribution in [2.75, 3.05) is 0 Å². The number of sulfone groups is 1. The van der Waals surface area contributed by atoms with E-state index in [9.17, 15) is 8.42 Å². The van der Waals surface area contributed by atoms with Gasteiger partial charge in [0.05, 0.1) is 24.3 Å². The number of benzene rings is 1. The monoisotopic (exact) mass is 308 g/mol. The van der Waals surface area contributed by atoms with Crippen molar-refractivity contribution in [1.82, 2.24) is 9.55 Å². The first-order chi connectivity index (χ1) is 9.76. The fourth-order valence-electron chi connectivity index (χ4n) is 2.55. The fraction of sp³-hybridized carbons (Fsp3) is 0.400. The standard InChI is InChI=1S/C15H20N2O3S/c1-10-5-11(2)14(12(3)6-10)9-21(19,20)15-16-7-13(8-18)17(15)4/h5-7,18H,8-9H2,1-4H3. The van der Waals surface area contributed by atoms with Crippen LogP contribution in [0.2, 0.25) is 0 Å². The molecule has 0 aliphatic carbocycles. The number of nitrogens with zero attached hydrogens (tertiary/aromatic N) is 2. The highest BCUT2D eigenvalue weighted by molar-refractivity contribution is 7.90. The first kappa shape index (κ1) is 15.7. The van der Waals surface area contributed by atoms with Gasteiger partial charge >= 0.3 is 0 Å². The van der Waals surface area contributed by atoms with E-state index in [4.69, 9.17) is 5.11 Å². The van der Waals surface area contributed by atoms with Gasteiger partial charge in [0, 0.05) is 7.05 Å². The van der Waals surface area contributed by atoms with E-state index in [1.165, 1.54) is 10.8 Å². The maximum Gasteiger partial charge on any atom is 0.227 e. The highest BCUT2D eigenvalue weighted by atomic mass is 32.2. The van der Waals surface area contributed by atoms with Crippen molar-refractivity contribution in [3.63, 3.8) is 0 Å². The topological polar surface area (TPSA) is 72.2 Å². The van der Waals surface area contributed by atoms with Gasteiger partial charge in [0.1, 0.15) is 0 Å². The molecule has 0 aliphatic heterocycles. The highest BCUT2D eigenvalue weighted by Gasteiger charge is 2.23. The van der Waals surface area contributed by atoms with Crippen LogP contribution in [0, 0.1) is 20.8 Å². The van der Waals surface area contributed by atoms with E-state index in [1.807, 2.05) is 32.9 Å². The molecule has 0 bridgehead atoms. The van der Waals surface area contributed by atoms with Crippen molar-refractivity contribution in [2.24, 2.45) is 7.05 Å². The van der Waals surface area contributed by atoms with Crippen molar-refractivity contribution >= 4 is 9.84 Å². The third-order valence-electron chi connectivity index (χ3n) is 3.66. The van der Waals surface area contributed by atoms with E-state index >= 15 is 0 Å². The van der Waals surface area contributed by atoms with Crippen molar-refractivity contribution in [3.05, 3.63) is 46.3 Å². The molecule has 0 aliphatic rings. The van der Waals surface area contributed by atoms with Crippen LogP contribution in [0.5, 0.6) is 0 Å². The Hall–Kier alpha value is -1.66. The Balaban J connectivity index is 2.45. The molecule has 2 aromatic rings. The van der Waals surface area contributed by atoms with E-state index in [2.05, 4.69) is 4.98 Å². The van der Waals surface area contributed by atoms with Crippen molar-refractivity contribution < 1.29 is 13.5 Å². The van der Waals surface area contributed by atoms with Gasteiger partial charge in [0.25, 0.3) is 0 Å². The SMILES string of the molecule is Cc1cc(C)c(CS(=O)(=O)c2ncc(CO)n2C)c(C)c1. The zero-order valence-electron chi connectivity index (χ0n) is 12.7. The second-order valence-electron chi connectivity index (χ2n) is 5.39. The number of hydrogen-bond acceptors (Lipinski definition) is 4. The summed E-state index contributed by atoms with van der Waals surface area (Å²) < 4.78 is 26.6. The van der Waals surface area contributed by atoms with Gasteiger partial charge in [-0.05, 0) is 37.5 Å². The van der Waals surface area contributed by atoms with Gasteiger partial charge < -0.3 is 9.67 Å². The Morgan fingerprint density at radius 3 is 2.24 bits per heavy atom. The molecule has 0 spiro atoms. The molecular weight excluding hydrogens is 288 g/mol. The largest absolute Gasteiger partial charge is 0.390 e. The molecule has 0 radical (unpaired) electrons. The molecule has 0 saturated heterocycles. The third kappa shape index (κ3) is 3.01. The normalized spacial score (nSPS) is 11.9. The van der Waals surface area contributed by atoms with Crippen LogP contribution >= 0.6 is 0 Å². The Morgan fingerprint density at radius 1 is 1.19 bits per heavy atom. The Kier molecular flexibility index (Phi) is 4.20. The minimum atomic E-state index is -3.55. The van der Waals surface area contributed by atoms with E-state index in [0.29, 0.717) is 5.69 Å². The van der Waals surface area contributed by atoms with Gasteiger partial charge in [-0.2, -0.15) is 0 Å². The number of hydrogen-bond donors (Lipinski definition) is 1. The van der Waals surface area contributed by atoms with Crippen LogP contribution in [0.1, 0.15) is 27.9 Å². The summed E-state index contributed by atoms with van der Waals surface area (Å²) in [5, 5.41) is 9.14. The van der Waals surface area contributed by atoms with Crippen LogP contribution in [-0.4, -0.2) is 23.1 Å². The molecule has 6 heteroatoms. The van der Waals surface area contributed by atoms with Gasteiger partial charge in [-0.1, -0.05) is 17.7 Å². The van der Waals surface area contributed by atoms with Crippen LogP contribution in [0.15, 0.2) is 23.5 Å². The lowest BCUT2D eigenvalue weighted by atomic mass is 10.0. The van der Waals surface area contributed by atoms with Gasteiger partial charge in [-0.3, -0.25) is 0 Å². The number of aliphatic hydroxyl groups is 1. The lowest BCUT2D eigenvalue weighted by Gasteiger charge is -2.12. The summed E-state index contributed by atoms with van der Waals surface area (Å²) in [7, 11) is -1.95. The summed E-state index contributed by atoms with van der Waals surface area (Å²) in [5.41, 5.74) is 4.34. The smallest absolute Gasteiger partial charge is 0.227 e. The number of aromatic nitrogens is 2. The van der Waals surface area contributed by atoms with Crippen molar-refractivity contribution in [1.29, 1.82) is 0 Å². The van der Waals surface area contributed by atoms with E-state index in [-0.39, 0.29) is 17.5 Å². The molecule has 0 amide bonds. The molecule has 0 fully saturated rings. The minimum absolute atomic E-state index is 0.00840. The van der Waals surface area contributed by atoms with Crippen LogP contribution in [0.4, 0.5) is 0 Å². The van der Waals surface area contributed by atoms with Gasteiger partial charge in [0.15, 0.2) is 0 Å². The number of aryl methyl sites for hydroxylation is 3. The second kappa shape index (κ2) is 5.61. The summed E-state index contributed by atoms with van der Waals surface area (Å²) >= 11 is 0. The van der Waals surface area contributed by atoms with Gasteiger partial charge in [-0.15, -0.1) is 0 Å². The number of imidazole rings is 1. The molecule has 114 valence electrons. The van der Waals surface area contributed by atoms with E-state index < -0.39 is 9.84 Å². The average molecular weight is 308 g/mol. The molecule has 0 saturated carbocycles. The lowest BCUT2D eigenvalue weighted by molar-refractivity contribution is 0.271. The highest BCUT2D eigenvalue weighted by Crippen LogP contribution is 2.22. The van der Waals surface area contributed by atoms with Crippen LogP contribution < -0.4 is 0 Å². The maximum atomic E-state index is 12.6. The van der Waals surface area contributed by atoms with Crippen molar-refractivity contribution in [2.45, 2.75) is 38.3 Å². The zero-order valence-corrected chi connectivity index (χ0v) is 13.5. The average Bonchev–Trinajstić information content (AvgIpc) is 2.75. The quantitative estimate of drug-likeness (QED) is 0.935. The molecule has 1 N–H and O–H groups in total. The van der Waals surface area contributed by atoms with Gasteiger partial charge in [-0.25, -0.2) is 13.4 Å². The predicted molar refractivity (Wildman–Crippen MR) is 80.7 cm³/mol. The Bertz CT molecular complexity index is 753. The molecular formula is C15H20N2O3S. The van der Waals surface area contributed by atoms with Crippen LogP contribution in [0.25, 0.3) is 0 Å². The molecule has 0 atom stereocenters. The van der Waals surface area contributed by atoms with Crippen LogP contribution in [-0.2, 0) is 29.2 Å². The number of aliphatic hydroxyl groups excluding tert-OH is 1. The third-order valence-corrected chi connectivity index (χ3v) is 5.26. The predicted octanol–water partition coefficient (Wildman–Crippen LogP) is 1.81. The first-order valence-electron chi connectivity index (χ1n) is 6.67. The molecule has 21 heavy (non-hydrogen) atoms. The molecule has 1 aromatic carbocycles. The zero-order chi connectivity index (χ0) is 15.8. The van der Waals surface area contributed by atoms with Crippen LogP contribution in [0.3, 0.4) is 0 Å². The van der Waals surface area contributed by atoms with Gasteiger partial charge in [0.2, 0.25) is 15.0 Å². The minimum Gasteiger partial charge on any atom is -0.390 e. The summed E-state index contributed by atoms with van der Waals surface area (Å²) in [6.07, 6.45) is 1.39. The molecule has 1 heterocycles. The molecule has 5 nitrogen and oxygen atoms in total. The van der Waals surface area contributed by atoms with E-state index in [0.717, 1.165) is 22.3 Å². The molecule has 0 unspecified atom stereocenters. The fourth-order valence-corrected chi connectivity index (χ4v) is 4.27. The van der Waals surface area contributed by atoms with E-state index in [1.54, 1.807) is 7.05 Å². The second-order valence-corrected chi connectivity index (χ2v) is 7.27. The Morgan fingerprint density at radius 2 is 1.76 bits per heavy atom. The Labute approximate surface area is 125 Å². The maximum absolute atomic E-state index is 12.6. The number of rotatable bonds is 4. The van der Waals surface area contributed by atoms with Crippen molar-refractivity contribution in [3.8, 4) is 0 Å². The summed E-state index contributed by atoms with van der Waals surface area (Å²) in [5.74, 6) is -0.0827. The molecule has 2 rings (SSSR count). The summed E-state index contributed by atoms with van der Waals surface area (Å²) in [6, 6.07) is 3.96. The molecule has 1 aromatic heterocycles. The summed E-state index contributed by atoms with van der Waals surface area (Å²) in [4.78, 5) is 3.95.